The second-order valence-electron chi connectivity index (χ2n) is 2.47. The summed E-state index contributed by atoms with van der Waals surface area (Å²) in [5.41, 5.74) is 10.2. The van der Waals surface area contributed by atoms with Gasteiger partial charge in [-0.1, -0.05) is 12.2 Å². The summed E-state index contributed by atoms with van der Waals surface area (Å²) in [5.74, 6) is -2.30. The van der Waals surface area contributed by atoms with E-state index in [0.29, 0.717) is 0 Å². The minimum absolute atomic E-state index is 0.0658. The van der Waals surface area contributed by atoms with Gasteiger partial charge in [-0.05, 0) is 6.42 Å². The third kappa shape index (κ3) is 4.94. The van der Waals surface area contributed by atoms with E-state index in [-0.39, 0.29) is 6.42 Å². The number of hydrogen-bond donors (Lipinski definition) is 4. The van der Waals surface area contributed by atoms with Crippen LogP contribution in [-0.4, -0.2) is 34.2 Å². The molecule has 0 rings (SSSR count). The Morgan fingerprint density at radius 3 is 2.15 bits per heavy atom. The molecule has 6 nitrogen and oxygen atoms in total. The largest absolute Gasteiger partial charge is 0.480 e. The molecule has 0 fully saturated rings. The predicted molar refractivity (Wildman–Crippen MR) is 45.0 cm³/mol. The Morgan fingerprint density at radius 1 is 1.23 bits per heavy atom. The normalized spacial score (nSPS) is 15.5. The molecule has 74 valence electrons. The van der Waals surface area contributed by atoms with E-state index in [1.807, 2.05) is 0 Å². The first-order valence-electron chi connectivity index (χ1n) is 3.58. The molecule has 2 atom stereocenters. The van der Waals surface area contributed by atoms with Gasteiger partial charge in [0.2, 0.25) is 0 Å². The summed E-state index contributed by atoms with van der Waals surface area (Å²) in [5, 5.41) is 16.7. The van der Waals surface area contributed by atoms with Gasteiger partial charge in [0.1, 0.15) is 12.1 Å². The van der Waals surface area contributed by atoms with Crippen molar-refractivity contribution < 1.29 is 19.8 Å². The molecular formula is C7H12N2O4. The van der Waals surface area contributed by atoms with Crippen LogP contribution >= 0.6 is 0 Å². The average molecular weight is 188 g/mol. The minimum atomic E-state index is -1.17. The zero-order valence-corrected chi connectivity index (χ0v) is 6.88. The van der Waals surface area contributed by atoms with Crippen LogP contribution < -0.4 is 11.5 Å². The number of nitrogens with two attached hydrogens (primary N) is 2. The van der Waals surface area contributed by atoms with Crippen molar-refractivity contribution in [2.75, 3.05) is 0 Å². The predicted octanol–water partition coefficient (Wildman–Crippen LogP) is -1.24. The van der Waals surface area contributed by atoms with Crippen LogP contribution in [-0.2, 0) is 9.59 Å². The molecule has 0 amide bonds. The Morgan fingerprint density at radius 2 is 1.77 bits per heavy atom. The first kappa shape index (κ1) is 11.6. The van der Waals surface area contributed by atoms with E-state index in [0.717, 1.165) is 0 Å². The maximum absolute atomic E-state index is 10.2. The molecule has 0 bridgehead atoms. The minimum Gasteiger partial charge on any atom is -0.480 e. The number of hydrogen-bond acceptors (Lipinski definition) is 4. The van der Waals surface area contributed by atoms with E-state index < -0.39 is 24.0 Å². The Kier molecular flexibility index (Phi) is 4.71. The molecule has 2 unspecified atom stereocenters. The Hall–Kier alpha value is -1.40. The zero-order chi connectivity index (χ0) is 10.4. The number of carboxylic acids is 2. The van der Waals surface area contributed by atoms with Gasteiger partial charge in [0.05, 0.1) is 0 Å². The van der Waals surface area contributed by atoms with Crippen LogP contribution in [0.5, 0.6) is 0 Å². The SMILES string of the molecule is NC(/C=C/CC(N)C(=O)O)C(=O)O. The van der Waals surface area contributed by atoms with Gasteiger partial charge in [-0.25, -0.2) is 0 Å². The molecule has 0 aliphatic carbocycles. The molecule has 0 saturated heterocycles. The molecule has 0 radical (unpaired) electrons. The fraction of sp³-hybridized carbons (Fsp3) is 0.429. The van der Waals surface area contributed by atoms with E-state index in [1.165, 1.54) is 12.2 Å². The van der Waals surface area contributed by atoms with Crippen LogP contribution in [0, 0.1) is 0 Å². The van der Waals surface area contributed by atoms with Crippen molar-refractivity contribution in [1.29, 1.82) is 0 Å². The molecule has 0 spiro atoms. The topological polar surface area (TPSA) is 127 Å². The van der Waals surface area contributed by atoms with Gasteiger partial charge in [-0.2, -0.15) is 0 Å². The van der Waals surface area contributed by atoms with Crippen LogP contribution in [0.1, 0.15) is 6.42 Å². The van der Waals surface area contributed by atoms with Crippen molar-refractivity contribution in [1.82, 2.24) is 0 Å². The van der Waals surface area contributed by atoms with Gasteiger partial charge in [0, 0.05) is 0 Å². The summed E-state index contributed by atoms with van der Waals surface area (Å²) in [6.07, 6.45) is 2.61. The molecule has 0 aromatic rings. The lowest BCUT2D eigenvalue weighted by molar-refractivity contribution is -0.138. The number of carboxylic acid groups (broad SMARTS) is 2. The third-order valence-corrected chi connectivity index (χ3v) is 1.34. The van der Waals surface area contributed by atoms with Crippen molar-refractivity contribution in [3.63, 3.8) is 0 Å². The van der Waals surface area contributed by atoms with Crippen molar-refractivity contribution in [2.24, 2.45) is 11.5 Å². The Bertz CT molecular complexity index is 227. The van der Waals surface area contributed by atoms with E-state index in [4.69, 9.17) is 21.7 Å². The van der Waals surface area contributed by atoms with E-state index in [9.17, 15) is 9.59 Å². The van der Waals surface area contributed by atoms with Gasteiger partial charge in [-0.15, -0.1) is 0 Å². The third-order valence-electron chi connectivity index (χ3n) is 1.34. The zero-order valence-electron chi connectivity index (χ0n) is 6.88. The summed E-state index contributed by atoms with van der Waals surface area (Å²) in [4.78, 5) is 20.4. The van der Waals surface area contributed by atoms with Gasteiger partial charge >= 0.3 is 11.9 Å². The summed E-state index contributed by atoms with van der Waals surface area (Å²) >= 11 is 0. The number of rotatable bonds is 5. The Balaban J connectivity index is 3.88. The van der Waals surface area contributed by atoms with Crippen LogP contribution in [0.4, 0.5) is 0 Å². The molecule has 0 aliphatic heterocycles. The lowest BCUT2D eigenvalue weighted by atomic mass is 10.2. The highest BCUT2D eigenvalue weighted by Crippen LogP contribution is 1.92. The van der Waals surface area contributed by atoms with Crippen molar-refractivity contribution >= 4 is 11.9 Å². The van der Waals surface area contributed by atoms with Crippen LogP contribution in [0.25, 0.3) is 0 Å². The second kappa shape index (κ2) is 5.28. The standard InChI is InChI=1S/C7H12N2O4/c8-4(6(10)11)2-1-3-5(9)7(12)13/h1-2,4-5H,3,8-9H2,(H,10,11)(H,12,13)/b2-1+. The first-order valence-corrected chi connectivity index (χ1v) is 3.58. The molecule has 6 N–H and O–H groups in total. The van der Waals surface area contributed by atoms with Crippen LogP contribution in [0.3, 0.4) is 0 Å². The summed E-state index contributed by atoms with van der Waals surface area (Å²) < 4.78 is 0. The fourth-order valence-electron chi connectivity index (χ4n) is 0.555. The highest BCUT2D eigenvalue weighted by Gasteiger charge is 2.10. The maximum Gasteiger partial charge on any atom is 0.324 e. The molecule has 13 heavy (non-hydrogen) atoms. The van der Waals surface area contributed by atoms with Crippen LogP contribution in [0.15, 0.2) is 12.2 Å². The highest BCUT2D eigenvalue weighted by molar-refractivity contribution is 5.75. The number of carbonyl (C=O) groups is 2. The van der Waals surface area contributed by atoms with Crippen molar-refractivity contribution in [3.05, 3.63) is 12.2 Å². The lowest BCUT2D eigenvalue weighted by Gasteiger charge is -2.01. The highest BCUT2D eigenvalue weighted by atomic mass is 16.4. The van der Waals surface area contributed by atoms with E-state index in [2.05, 4.69) is 0 Å². The van der Waals surface area contributed by atoms with E-state index >= 15 is 0 Å². The van der Waals surface area contributed by atoms with Gasteiger partial charge in [-0.3, -0.25) is 9.59 Å². The first-order chi connectivity index (χ1) is 5.95. The number of aliphatic carboxylic acids is 2. The maximum atomic E-state index is 10.2. The summed E-state index contributed by atoms with van der Waals surface area (Å²) in [7, 11) is 0. The van der Waals surface area contributed by atoms with E-state index in [1.54, 1.807) is 0 Å². The molecule has 0 aliphatic rings. The fourth-order valence-corrected chi connectivity index (χ4v) is 0.555. The second-order valence-corrected chi connectivity index (χ2v) is 2.47. The van der Waals surface area contributed by atoms with Crippen molar-refractivity contribution in [3.8, 4) is 0 Å². The van der Waals surface area contributed by atoms with Crippen molar-refractivity contribution in [2.45, 2.75) is 18.5 Å². The molecule has 0 aromatic heterocycles. The Labute approximate surface area is 74.8 Å². The van der Waals surface area contributed by atoms with Gasteiger partial charge < -0.3 is 21.7 Å². The smallest absolute Gasteiger partial charge is 0.324 e. The van der Waals surface area contributed by atoms with Gasteiger partial charge in [0.25, 0.3) is 0 Å². The average Bonchev–Trinajstić information content (AvgIpc) is 2.03. The molecule has 0 aromatic carbocycles. The molecular weight excluding hydrogens is 176 g/mol. The van der Waals surface area contributed by atoms with Crippen LogP contribution in [0.2, 0.25) is 0 Å². The van der Waals surface area contributed by atoms with Gasteiger partial charge in [0.15, 0.2) is 0 Å². The summed E-state index contributed by atoms with van der Waals surface area (Å²) in [6.45, 7) is 0. The molecule has 0 heterocycles. The summed E-state index contributed by atoms with van der Waals surface area (Å²) in [6, 6.07) is -2.13. The lowest BCUT2D eigenvalue weighted by Crippen LogP contribution is -2.30. The quantitative estimate of drug-likeness (QED) is 0.399. The molecule has 0 saturated carbocycles. The monoisotopic (exact) mass is 188 g/mol. The molecule has 6 heteroatoms.